The van der Waals surface area contributed by atoms with E-state index in [1.807, 2.05) is 12.1 Å². The first-order chi connectivity index (χ1) is 8.65. The molecule has 1 aliphatic rings. The minimum absolute atomic E-state index is 0.0400. The molecule has 2 heterocycles. The average Bonchev–Trinajstić information content (AvgIpc) is 2.68. The van der Waals surface area contributed by atoms with Crippen molar-refractivity contribution >= 4 is 50.3 Å². The second-order valence-corrected chi connectivity index (χ2v) is 5.85. The summed E-state index contributed by atoms with van der Waals surface area (Å²) in [5, 5.41) is 1.41. The Kier molecular flexibility index (Phi) is 2.95. The second kappa shape index (κ2) is 4.48. The van der Waals surface area contributed by atoms with Gasteiger partial charge < -0.3 is 0 Å². The minimum atomic E-state index is 0.0400. The van der Waals surface area contributed by atoms with E-state index in [9.17, 15) is 4.79 Å². The van der Waals surface area contributed by atoms with Crippen LogP contribution in [0.4, 0.5) is 5.95 Å². The van der Waals surface area contributed by atoms with E-state index >= 15 is 0 Å². The Hall–Kier alpha value is -1.20. The number of aromatic nitrogens is 2. The molecule has 1 unspecified atom stereocenters. The van der Waals surface area contributed by atoms with Crippen molar-refractivity contribution in [1.29, 1.82) is 0 Å². The van der Waals surface area contributed by atoms with Crippen LogP contribution in [0.25, 0.3) is 10.9 Å². The Bertz CT molecular complexity index is 634. The van der Waals surface area contributed by atoms with Crippen LogP contribution in [0.3, 0.4) is 0 Å². The molecule has 2 aromatic rings. The van der Waals surface area contributed by atoms with Gasteiger partial charge in [-0.1, -0.05) is 33.6 Å². The topological polar surface area (TPSA) is 46.1 Å². The van der Waals surface area contributed by atoms with Gasteiger partial charge in [-0.15, -0.1) is 0 Å². The highest BCUT2D eigenvalue weighted by molar-refractivity contribution is 9.09. The zero-order valence-corrected chi connectivity index (χ0v) is 11.6. The first kappa shape index (κ1) is 11.9. The van der Waals surface area contributed by atoms with Crippen molar-refractivity contribution < 1.29 is 4.79 Å². The number of alkyl halides is 1. The van der Waals surface area contributed by atoms with Crippen molar-refractivity contribution in [1.82, 2.24) is 9.97 Å². The van der Waals surface area contributed by atoms with Gasteiger partial charge in [0.1, 0.15) is 0 Å². The summed E-state index contributed by atoms with van der Waals surface area (Å²) in [7, 11) is 0. The molecule has 1 atom stereocenters. The molecule has 0 N–H and O–H groups in total. The third-order valence-corrected chi connectivity index (χ3v) is 3.82. The zero-order valence-electron chi connectivity index (χ0n) is 9.31. The molecule has 6 heteroatoms. The summed E-state index contributed by atoms with van der Waals surface area (Å²) in [4.78, 5) is 22.2. The van der Waals surface area contributed by atoms with Gasteiger partial charge in [0.15, 0.2) is 0 Å². The number of hydrogen-bond acceptors (Lipinski definition) is 3. The number of hydrogen-bond donors (Lipinski definition) is 0. The smallest absolute Gasteiger partial charge is 0.232 e. The van der Waals surface area contributed by atoms with E-state index in [1.165, 1.54) is 0 Å². The predicted molar refractivity (Wildman–Crippen MR) is 74.2 cm³/mol. The quantitative estimate of drug-likeness (QED) is 0.757. The summed E-state index contributed by atoms with van der Waals surface area (Å²) < 4.78 is 0. The molecule has 1 aliphatic heterocycles. The maximum atomic E-state index is 11.8. The summed E-state index contributed by atoms with van der Waals surface area (Å²) in [6.07, 6.45) is 2.14. The van der Waals surface area contributed by atoms with Crippen molar-refractivity contribution in [2.45, 2.75) is 11.2 Å². The Morgan fingerprint density at radius 1 is 1.44 bits per heavy atom. The van der Waals surface area contributed by atoms with Crippen LogP contribution in [0.15, 0.2) is 24.4 Å². The molecule has 0 saturated carbocycles. The first-order valence-corrected chi connectivity index (χ1v) is 6.80. The lowest BCUT2D eigenvalue weighted by Gasteiger charge is -2.13. The highest BCUT2D eigenvalue weighted by Gasteiger charge is 2.30. The van der Waals surface area contributed by atoms with Gasteiger partial charge in [0, 0.05) is 29.4 Å². The summed E-state index contributed by atoms with van der Waals surface area (Å²) in [6.45, 7) is 0.602. The normalized spacial score (nSPS) is 19.8. The molecule has 0 radical (unpaired) electrons. The van der Waals surface area contributed by atoms with Crippen molar-refractivity contribution in [3.05, 3.63) is 29.4 Å². The van der Waals surface area contributed by atoms with Gasteiger partial charge in [-0.05, 0) is 12.1 Å². The Labute approximate surface area is 117 Å². The van der Waals surface area contributed by atoms with E-state index in [0.29, 0.717) is 23.9 Å². The van der Waals surface area contributed by atoms with Gasteiger partial charge in [0.05, 0.1) is 10.5 Å². The van der Waals surface area contributed by atoms with Crippen LogP contribution in [-0.4, -0.2) is 27.2 Å². The minimum Gasteiger partial charge on any atom is -0.280 e. The summed E-state index contributed by atoms with van der Waals surface area (Å²) in [5.41, 5.74) is 0.748. The molecule has 1 amide bonds. The van der Waals surface area contributed by atoms with Crippen LogP contribution in [0.1, 0.15) is 6.42 Å². The molecule has 3 rings (SSSR count). The van der Waals surface area contributed by atoms with Crippen LogP contribution < -0.4 is 4.90 Å². The molecule has 1 fully saturated rings. The van der Waals surface area contributed by atoms with Crippen molar-refractivity contribution in [3.63, 3.8) is 0 Å². The summed E-state index contributed by atoms with van der Waals surface area (Å²) in [5.74, 6) is 0.481. The van der Waals surface area contributed by atoms with Crippen LogP contribution in [0, 0.1) is 0 Å². The second-order valence-electron chi connectivity index (χ2n) is 4.15. The Balaban J connectivity index is 2.06. The molecule has 18 heavy (non-hydrogen) atoms. The van der Waals surface area contributed by atoms with Crippen LogP contribution >= 0.6 is 27.5 Å². The van der Waals surface area contributed by atoms with E-state index in [4.69, 9.17) is 11.6 Å². The van der Waals surface area contributed by atoms with E-state index in [0.717, 1.165) is 10.9 Å². The van der Waals surface area contributed by atoms with Crippen molar-refractivity contribution in [2.75, 3.05) is 11.4 Å². The maximum Gasteiger partial charge on any atom is 0.232 e. The standard InChI is InChI=1S/C12H9BrClN3O/c13-7-4-11(18)17(6-7)12-15-5-8-9(14)2-1-3-10(8)16-12/h1-3,5,7H,4,6H2. The number of fused-ring (bicyclic) bond motifs is 1. The molecule has 0 bridgehead atoms. The summed E-state index contributed by atoms with van der Waals surface area (Å²) >= 11 is 9.49. The number of benzene rings is 1. The molecule has 0 aliphatic carbocycles. The van der Waals surface area contributed by atoms with E-state index in [2.05, 4.69) is 25.9 Å². The molecule has 0 spiro atoms. The fourth-order valence-corrected chi connectivity index (χ4v) is 2.78. The molecule has 1 aromatic heterocycles. The van der Waals surface area contributed by atoms with Crippen molar-refractivity contribution in [2.24, 2.45) is 0 Å². The molecule has 4 nitrogen and oxygen atoms in total. The number of anilines is 1. The molecule has 1 aromatic carbocycles. The van der Waals surface area contributed by atoms with Crippen LogP contribution in [0.2, 0.25) is 5.02 Å². The first-order valence-electron chi connectivity index (χ1n) is 5.51. The number of amides is 1. The predicted octanol–water partition coefficient (Wildman–Crippen LogP) is 2.78. The molecular weight excluding hydrogens is 318 g/mol. The lowest BCUT2D eigenvalue weighted by atomic mass is 10.2. The highest BCUT2D eigenvalue weighted by atomic mass is 79.9. The molecule has 92 valence electrons. The molecular formula is C12H9BrClN3O. The van der Waals surface area contributed by atoms with E-state index < -0.39 is 0 Å². The van der Waals surface area contributed by atoms with Crippen molar-refractivity contribution in [3.8, 4) is 0 Å². The Morgan fingerprint density at radius 2 is 2.28 bits per heavy atom. The maximum absolute atomic E-state index is 11.8. The number of carbonyl (C=O) groups is 1. The lowest BCUT2D eigenvalue weighted by Crippen LogP contribution is -2.26. The number of nitrogens with zero attached hydrogens (tertiary/aromatic N) is 3. The number of carbonyl (C=O) groups excluding carboxylic acids is 1. The number of rotatable bonds is 1. The fourth-order valence-electron chi connectivity index (χ4n) is 2.00. The van der Waals surface area contributed by atoms with E-state index in [1.54, 1.807) is 17.2 Å². The van der Waals surface area contributed by atoms with Gasteiger partial charge in [0.25, 0.3) is 0 Å². The third-order valence-electron chi connectivity index (χ3n) is 2.88. The lowest BCUT2D eigenvalue weighted by molar-refractivity contribution is -0.117. The van der Waals surface area contributed by atoms with Gasteiger partial charge >= 0.3 is 0 Å². The number of halogens is 2. The van der Waals surface area contributed by atoms with E-state index in [-0.39, 0.29) is 10.7 Å². The largest absolute Gasteiger partial charge is 0.280 e. The van der Waals surface area contributed by atoms with Gasteiger partial charge in [-0.3, -0.25) is 9.69 Å². The third kappa shape index (κ3) is 1.97. The highest BCUT2D eigenvalue weighted by Crippen LogP contribution is 2.26. The zero-order chi connectivity index (χ0) is 12.7. The van der Waals surface area contributed by atoms with Gasteiger partial charge in [-0.2, -0.15) is 0 Å². The fraction of sp³-hybridized carbons (Fsp3) is 0.250. The van der Waals surface area contributed by atoms with Gasteiger partial charge in [0.2, 0.25) is 11.9 Å². The van der Waals surface area contributed by atoms with Crippen LogP contribution in [0.5, 0.6) is 0 Å². The summed E-state index contributed by atoms with van der Waals surface area (Å²) in [6, 6.07) is 5.49. The van der Waals surface area contributed by atoms with Gasteiger partial charge in [-0.25, -0.2) is 9.97 Å². The SMILES string of the molecule is O=C1CC(Br)CN1c1ncc2c(Cl)cccc2n1. The molecule has 1 saturated heterocycles. The average molecular weight is 327 g/mol. The monoisotopic (exact) mass is 325 g/mol. The Morgan fingerprint density at radius 3 is 3.00 bits per heavy atom. The van der Waals surface area contributed by atoms with Crippen LogP contribution in [-0.2, 0) is 4.79 Å².